The summed E-state index contributed by atoms with van der Waals surface area (Å²) in [4.78, 5) is 18.0. The Morgan fingerprint density at radius 3 is 2.85 bits per heavy atom. The molecule has 0 spiro atoms. The minimum atomic E-state index is -0.298. The van der Waals surface area contributed by atoms with Gasteiger partial charge in [-0.05, 0) is 18.6 Å². The van der Waals surface area contributed by atoms with Crippen molar-refractivity contribution in [3.05, 3.63) is 34.1 Å². The van der Waals surface area contributed by atoms with Gasteiger partial charge in [0.2, 0.25) is 0 Å². The summed E-state index contributed by atoms with van der Waals surface area (Å²) in [5.74, 6) is 0. The molecular formula is C14H13BrN2O2S. The maximum atomic E-state index is 11.8. The lowest BCUT2D eigenvalue weighted by atomic mass is 10.2. The molecule has 1 saturated heterocycles. The number of nitrogens with zero attached hydrogens (tertiary/aromatic N) is 2. The number of anilines is 1. The van der Waals surface area contributed by atoms with E-state index in [1.54, 1.807) is 4.90 Å². The van der Waals surface area contributed by atoms with E-state index in [0.717, 1.165) is 22.2 Å². The first kappa shape index (κ1) is 13.6. The molecule has 3 rings (SSSR count). The largest absolute Gasteiger partial charge is 0.444 e. The number of halogens is 1. The van der Waals surface area contributed by atoms with E-state index < -0.39 is 0 Å². The van der Waals surface area contributed by atoms with Gasteiger partial charge in [-0.15, -0.1) is 11.3 Å². The van der Waals surface area contributed by atoms with Gasteiger partial charge in [-0.25, -0.2) is 14.7 Å². The van der Waals surface area contributed by atoms with Crippen LogP contribution < -0.4 is 4.90 Å². The first-order valence-corrected chi connectivity index (χ1v) is 8.04. The van der Waals surface area contributed by atoms with Crippen LogP contribution in [0.1, 0.15) is 13.3 Å². The third kappa shape index (κ3) is 2.58. The van der Waals surface area contributed by atoms with Crippen molar-refractivity contribution < 1.29 is 9.53 Å². The Kier molecular flexibility index (Phi) is 3.76. The molecule has 1 atom stereocenters. The van der Waals surface area contributed by atoms with Crippen LogP contribution in [0.5, 0.6) is 0 Å². The Morgan fingerprint density at radius 2 is 2.20 bits per heavy atom. The van der Waals surface area contributed by atoms with Crippen LogP contribution in [0.2, 0.25) is 0 Å². The fourth-order valence-corrected chi connectivity index (χ4v) is 3.13. The zero-order valence-electron chi connectivity index (χ0n) is 10.9. The van der Waals surface area contributed by atoms with Gasteiger partial charge in [0, 0.05) is 15.4 Å². The number of carbonyl (C=O) groups is 1. The maximum absolute atomic E-state index is 11.8. The molecule has 20 heavy (non-hydrogen) atoms. The van der Waals surface area contributed by atoms with Crippen LogP contribution in [0, 0.1) is 0 Å². The zero-order chi connectivity index (χ0) is 14.1. The number of cyclic esters (lactones) is 1. The predicted molar refractivity (Wildman–Crippen MR) is 83.2 cm³/mol. The molecule has 0 bridgehead atoms. The van der Waals surface area contributed by atoms with Crippen LogP contribution >= 0.6 is 27.3 Å². The number of aromatic nitrogens is 1. The number of benzene rings is 1. The molecule has 1 aliphatic heterocycles. The van der Waals surface area contributed by atoms with E-state index in [2.05, 4.69) is 20.9 Å². The Bertz CT molecular complexity index is 626. The van der Waals surface area contributed by atoms with Crippen LogP contribution in [-0.4, -0.2) is 23.7 Å². The summed E-state index contributed by atoms with van der Waals surface area (Å²) in [6, 6.07) is 7.96. The Balaban J connectivity index is 1.83. The van der Waals surface area contributed by atoms with Gasteiger partial charge in [0.25, 0.3) is 0 Å². The van der Waals surface area contributed by atoms with Crippen molar-refractivity contribution in [3.8, 4) is 11.3 Å². The second kappa shape index (κ2) is 5.54. The molecule has 104 valence electrons. The first-order chi connectivity index (χ1) is 9.67. The van der Waals surface area contributed by atoms with Crippen molar-refractivity contribution in [2.24, 2.45) is 0 Å². The van der Waals surface area contributed by atoms with Gasteiger partial charge in [-0.2, -0.15) is 0 Å². The van der Waals surface area contributed by atoms with Gasteiger partial charge < -0.3 is 4.74 Å². The van der Waals surface area contributed by atoms with Crippen molar-refractivity contribution in [2.75, 3.05) is 11.4 Å². The molecule has 4 nitrogen and oxygen atoms in total. The van der Waals surface area contributed by atoms with Crippen LogP contribution in [0.25, 0.3) is 11.3 Å². The fraction of sp³-hybridized carbons (Fsp3) is 0.286. The molecule has 1 amide bonds. The van der Waals surface area contributed by atoms with Crippen molar-refractivity contribution in [3.63, 3.8) is 0 Å². The van der Waals surface area contributed by atoms with Crippen molar-refractivity contribution >= 4 is 38.5 Å². The number of hydrogen-bond acceptors (Lipinski definition) is 4. The monoisotopic (exact) mass is 352 g/mol. The van der Waals surface area contributed by atoms with Gasteiger partial charge in [-0.1, -0.05) is 35.0 Å². The summed E-state index contributed by atoms with van der Waals surface area (Å²) in [6.45, 7) is 2.60. The van der Waals surface area contributed by atoms with Gasteiger partial charge in [-0.3, -0.25) is 0 Å². The smallest absolute Gasteiger partial charge is 0.416 e. The van der Waals surface area contributed by atoms with E-state index in [9.17, 15) is 4.79 Å². The van der Waals surface area contributed by atoms with Gasteiger partial charge >= 0.3 is 6.09 Å². The van der Waals surface area contributed by atoms with E-state index >= 15 is 0 Å². The summed E-state index contributed by atoms with van der Waals surface area (Å²) >= 11 is 4.88. The van der Waals surface area contributed by atoms with E-state index in [0.29, 0.717) is 11.7 Å². The summed E-state index contributed by atoms with van der Waals surface area (Å²) in [5, 5.41) is 2.66. The second-order valence-electron chi connectivity index (χ2n) is 4.55. The van der Waals surface area contributed by atoms with Crippen LogP contribution in [-0.2, 0) is 4.74 Å². The average molecular weight is 353 g/mol. The molecule has 0 aliphatic carbocycles. The van der Waals surface area contributed by atoms with Crippen molar-refractivity contribution in [1.29, 1.82) is 0 Å². The van der Waals surface area contributed by atoms with E-state index in [4.69, 9.17) is 4.74 Å². The van der Waals surface area contributed by atoms with Crippen LogP contribution in [0.4, 0.5) is 9.93 Å². The van der Waals surface area contributed by atoms with Gasteiger partial charge in [0.15, 0.2) is 5.13 Å². The van der Waals surface area contributed by atoms with E-state index in [1.165, 1.54) is 11.3 Å². The maximum Gasteiger partial charge on any atom is 0.416 e. The molecule has 6 heteroatoms. The van der Waals surface area contributed by atoms with Crippen LogP contribution in [0.15, 0.2) is 34.1 Å². The lowest BCUT2D eigenvalue weighted by molar-refractivity contribution is 0.139. The number of hydrogen-bond donors (Lipinski definition) is 0. The highest BCUT2D eigenvalue weighted by molar-refractivity contribution is 9.10. The highest BCUT2D eigenvalue weighted by Gasteiger charge is 2.32. The summed E-state index contributed by atoms with van der Waals surface area (Å²) in [5.41, 5.74) is 1.92. The highest BCUT2D eigenvalue weighted by atomic mass is 79.9. The quantitative estimate of drug-likeness (QED) is 0.826. The predicted octanol–water partition coefficient (Wildman–Crippen LogP) is 4.31. The lowest BCUT2D eigenvalue weighted by Gasteiger charge is -2.07. The third-order valence-corrected chi connectivity index (χ3v) is 4.58. The van der Waals surface area contributed by atoms with Crippen LogP contribution in [0.3, 0.4) is 0 Å². The molecule has 1 aromatic heterocycles. The standard InChI is InChI=1S/C14H13BrN2O2S/c1-2-11-7-17(14(18)19-11)13-16-12(8-20-13)9-3-5-10(15)6-4-9/h3-6,8,11H,2,7H2,1H3. The number of amides is 1. The molecule has 1 fully saturated rings. The Labute approximate surface area is 129 Å². The lowest BCUT2D eigenvalue weighted by Crippen LogP contribution is -2.24. The minimum Gasteiger partial charge on any atom is -0.444 e. The average Bonchev–Trinajstić information content (AvgIpc) is 3.06. The number of thiazole rings is 1. The number of ether oxygens (including phenoxy) is 1. The highest BCUT2D eigenvalue weighted by Crippen LogP contribution is 2.30. The third-order valence-electron chi connectivity index (χ3n) is 3.19. The Hall–Kier alpha value is -1.40. The molecular weight excluding hydrogens is 340 g/mol. The molecule has 2 aromatic rings. The summed E-state index contributed by atoms with van der Waals surface area (Å²) < 4.78 is 6.29. The van der Waals surface area contributed by atoms with E-state index in [-0.39, 0.29) is 12.2 Å². The van der Waals surface area contributed by atoms with Crippen molar-refractivity contribution in [1.82, 2.24) is 4.98 Å². The minimum absolute atomic E-state index is 0.0254. The molecule has 0 radical (unpaired) electrons. The SMILES string of the molecule is CCC1CN(c2nc(-c3ccc(Br)cc3)cs2)C(=O)O1. The second-order valence-corrected chi connectivity index (χ2v) is 6.30. The molecule has 1 unspecified atom stereocenters. The molecule has 0 saturated carbocycles. The Morgan fingerprint density at radius 1 is 1.45 bits per heavy atom. The topological polar surface area (TPSA) is 42.4 Å². The first-order valence-electron chi connectivity index (χ1n) is 6.37. The molecule has 0 N–H and O–H groups in total. The fourth-order valence-electron chi connectivity index (χ4n) is 2.03. The summed E-state index contributed by atoms with van der Waals surface area (Å²) in [6.07, 6.45) is 0.504. The van der Waals surface area contributed by atoms with Gasteiger partial charge in [0.05, 0.1) is 12.2 Å². The summed E-state index contributed by atoms with van der Waals surface area (Å²) in [7, 11) is 0. The molecule has 1 aromatic carbocycles. The zero-order valence-corrected chi connectivity index (χ0v) is 13.3. The number of rotatable bonds is 3. The number of carbonyl (C=O) groups excluding carboxylic acids is 1. The van der Waals surface area contributed by atoms with E-state index in [1.807, 2.05) is 36.6 Å². The molecule has 1 aliphatic rings. The van der Waals surface area contributed by atoms with Crippen molar-refractivity contribution in [2.45, 2.75) is 19.4 Å². The normalized spacial score (nSPS) is 18.4. The molecule has 2 heterocycles. The van der Waals surface area contributed by atoms with Gasteiger partial charge in [0.1, 0.15) is 6.10 Å².